The third-order valence-electron chi connectivity index (χ3n) is 4.28. The van der Waals surface area contributed by atoms with Crippen molar-refractivity contribution in [3.05, 3.63) is 18.2 Å². The van der Waals surface area contributed by atoms with Crippen LogP contribution in [-0.4, -0.2) is 56.7 Å². The molecule has 11 heteroatoms. The zero-order valence-corrected chi connectivity index (χ0v) is 17.0. The van der Waals surface area contributed by atoms with Crippen LogP contribution in [0.5, 0.6) is 5.75 Å². The van der Waals surface area contributed by atoms with Crippen molar-refractivity contribution in [3.63, 3.8) is 0 Å². The van der Waals surface area contributed by atoms with Crippen molar-refractivity contribution in [1.29, 1.82) is 0 Å². The van der Waals surface area contributed by atoms with Crippen LogP contribution in [0, 0.1) is 5.41 Å². The molecular formula is C19H26F2N4O5. The van der Waals surface area contributed by atoms with Gasteiger partial charge in [0.2, 0.25) is 11.8 Å². The SMILES string of the molecule is CC(C)(C)C(=O)N[C@@H](CN)C(=O)Nc1ccc(N2CCOCC2=O)cc1OC(F)F. The summed E-state index contributed by atoms with van der Waals surface area (Å²) in [6, 6.07) is 2.99. The van der Waals surface area contributed by atoms with Crippen LogP contribution in [0.2, 0.25) is 0 Å². The Balaban J connectivity index is 2.23. The van der Waals surface area contributed by atoms with E-state index in [1.165, 1.54) is 23.1 Å². The Hall–Kier alpha value is -2.79. The summed E-state index contributed by atoms with van der Waals surface area (Å²) in [5.41, 5.74) is 5.12. The topological polar surface area (TPSA) is 123 Å². The maximum absolute atomic E-state index is 12.9. The predicted octanol–water partition coefficient (Wildman–Crippen LogP) is 1.08. The molecular weight excluding hydrogens is 402 g/mol. The van der Waals surface area contributed by atoms with E-state index in [4.69, 9.17) is 10.5 Å². The molecule has 1 aliphatic heterocycles. The molecule has 9 nitrogen and oxygen atoms in total. The number of amides is 3. The Labute approximate surface area is 172 Å². The maximum Gasteiger partial charge on any atom is 0.387 e. The first-order valence-corrected chi connectivity index (χ1v) is 9.31. The lowest BCUT2D eigenvalue weighted by Crippen LogP contribution is -2.51. The van der Waals surface area contributed by atoms with Gasteiger partial charge in [0.1, 0.15) is 12.6 Å². The number of nitrogens with zero attached hydrogens (tertiary/aromatic N) is 1. The molecule has 4 N–H and O–H groups in total. The number of rotatable bonds is 7. The van der Waals surface area contributed by atoms with Crippen molar-refractivity contribution in [2.45, 2.75) is 33.4 Å². The Morgan fingerprint density at radius 3 is 2.60 bits per heavy atom. The number of hydrogen-bond acceptors (Lipinski definition) is 6. The minimum Gasteiger partial charge on any atom is -0.433 e. The molecule has 0 unspecified atom stereocenters. The summed E-state index contributed by atoms with van der Waals surface area (Å²) >= 11 is 0. The van der Waals surface area contributed by atoms with E-state index in [1.807, 2.05) is 0 Å². The number of morpholine rings is 1. The smallest absolute Gasteiger partial charge is 0.387 e. The fraction of sp³-hybridized carbons (Fsp3) is 0.526. The van der Waals surface area contributed by atoms with Gasteiger partial charge in [-0.1, -0.05) is 20.8 Å². The molecule has 1 fully saturated rings. The van der Waals surface area contributed by atoms with Gasteiger partial charge in [-0.3, -0.25) is 14.4 Å². The Bertz CT molecular complexity index is 798. The highest BCUT2D eigenvalue weighted by Crippen LogP contribution is 2.32. The quantitative estimate of drug-likeness (QED) is 0.597. The van der Waals surface area contributed by atoms with Crippen molar-refractivity contribution < 1.29 is 32.6 Å². The number of ether oxygens (including phenoxy) is 2. The molecule has 30 heavy (non-hydrogen) atoms. The molecule has 0 bridgehead atoms. The lowest BCUT2D eigenvalue weighted by Gasteiger charge is -2.28. The summed E-state index contributed by atoms with van der Waals surface area (Å²) in [5, 5.41) is 4.97. The largest absolute Gasteiger partial charge is 0.433 e. The van der Waals surface area contributed by atoms with E-state index >= 15 is 0 Å². The molecule has 0 aliphatic carbocycles. The zero-order valence-electron chi connectivity index (χ0n) is 17.0. The highest BCUT2D eigenvalue weighted by atomic mass is 19.3. The molecule has 0 aromatic heterocycles. The van der Waals surface area contributed by atoms with Crippen molar-refractivity contribution in [2.75, 3.05) is 36.5 Å². The molecule has 166 valence electrons. The standard InChI is InChI=1S/C19H26F2N4O5/c1-19(2,3)17(28)24-13(9-22)16(27)23-12-5-4-11(8-14(12)30-18(20)21)25-6-7-29-10-15(25)26/h4-5,8,13,18H,6-7,9-10,22H2,1-3H3,(H,23,27)(H,24,28)/t13-/m0/s1. The van der Waals surface area contributed by atoms with Gasteiger partial charge in [-0.25, -0.2) is 0 Å². The minimum absolute atomic E-state index is 0.0479. The first-order valence-electron chi connectivity index (χ1n) is 9.31. The van der Waals surface area contributed by atoms with Gasteiger partial charge in [-0.05, 0) is 12.1 Å². The van der Waals surface area contributed by atoms with Crippen LogP contribution >= 0.6 is 0 Å². The number of carbonyl (C=O) groups is 3. The van der Waals surface area contributed by atoms with Gasteiger partial charge < -0.3 is 30.7 Å². The molecule has 1 aromatic rings. The summed E-state index contributed by atoms with van der Waals surface area (Å²) in [6.07, 6.45) is 0. The van der Waals surface area contributed by atoms with E-state index in [-0.39, 0.29) is 37.0 Å². The second-order valence-electron chi connectivity index (χ2n) is 7.66. The highest BCUT2D eigenvalue weighted by Gasteiger charge is 2.28. The van der Waals surface area contributed by atoms with Crippen LogP contribution < -0.4 is 26.0 Å². The number of carbonyl (C=O) groups excluding carboxylic acids is 3. The van der Waals surface area contributed by atoms with Gasteiger partial charge in [0.05, 0.1) is 12.3 Å². The normalized spacial score (nSPS) is 15.7. The fourth-order valence-corrected chi connectivity index (χ4v) is 2.59. The number of nitrogens with one attached hydrogen (secondary N) is 2. The molecule has 3 amide bonds. The van der Waals surface area contributed by atoms with Gasteiger partial charge in [0.15, 0.2) is 5.75 Å². The second kappa shape index (κ2) is 9.81. The number of hydrogen-bond donors (Lipinski definition) is 3. The number of nitrogens with two attached hydrogens (primary N) is 1. The molecule has 1 atom stereocenters. The predicted molar refractivity (Wildman–Crippen MR) is 105 cm³/mol. The first kappa shape index (κ1) is 23.5. The number of anilines is 2. The van der Waals surface area contributed by atoms with Crippen LogP contribution in [0.15, 0.2) is 18.2 Å². The van der Waals surface area contributed by atoms with Crippen LogP contribution in [0.1, 0.15) is 20.8 Å². The van der Waals surface area contributed by atoms with E-state index in [0.717, 1.165) is 0 Å². The van der Waals surface area contributed by atoms with Crippen molar-refractivity contribution in [1.82, 2.24) is 5.32 Å². The average molecular weight is 428 g/mol. The van der Waals surface area contributed by atoms with Crippen molar-refractivity contribution in [3.8, 4) is 5.75 Å². The monoisotopic (exact) mass is 428 g/mol. The van der Waals surface area contributed by atoms with Crippen LogP contribution in [0.4, 0.5) is 20.2 Å². The lowest BCUT2D eigenvalue weighted by atomic mass is 9.95. The van der Waals surface area contributed by atoms with E-state index in [2.05, 4.69) is 15.4 Å². The molecule has 1 saturated heterocycles. The lowest BCUT2D eigenvalue weighted by molar-refractivity contribution is -0.131. The van der Waals surface area contributed by atoms with E-state index < -0.39 is 29.9 Å². The molecule has 0 saturated carbocycles. The van der Waals surface area contributed by atoms with E-state index in [0.29, 0.717) is 12.3 Å². The summed E-state index contributed by atoms with van der Waals surface area (Å²) in [4.78, 5) is 38.1. The minimum atomic E-state index is -3.15. The second-order valence-corrected chi connectivity index (χ2v) is 7.66. The highest BCUT2D eigenvalue weighted by molar-refractivity contribution is 6.00. The van der Waals surface area contributed by atoms with Gasteiger partial charge in [0, 0.05) is 30.3 Å². The van der Waals surface area contributed by atoms with Gasteiger partial charge in [-0.15, -0.1) is 0 Å². The molecule has 1 heterocycles. The van der Waals surface area contributed by atoms with E-state index in [1.54, 1.807) is 20.8 Å². The summed E-state index contributed by atoms with van der Waals surface area (Å²) in [7, 11) is 0. The number of alkyl halides is 2. The average Bonchev–Trinajstić information content (AvgIpc) is 2.66. The summed E-state index contributed by atoms with van der Waals surface area (Å²) in [6.45, 7) is 2.13. The third-order valence-corrected chi connectivity index (χ3v) is 4.28. The first-order chi connectivity index (χ1) is 14.0. The summed E-state index contributed by atoms with van der Waals surface area (Å²) in [5.74, 6) is -1.73. The Kier molecular flexibility index (Phi) is 7.68. The third kappa shape index (κ3) is 6.10. The van der Waals surface area contributed by atoms with Gasteiger partial charge >= 0.3 is 6.61 Å². The van der Waals surface area contributed by atoms with Crippen LogP contribution in [0.25, 0.3) is 0 Å². The van der Waals surface area contributed by atoms with Gasteiger partial charge in [-0.2, -0.15) is 8.78 Å². The van der Waals surface area contributed by atoms with Crippen LogP contribution in [-0.2, 0) is 19.1 Å². The van der Waals surface area contributed by atoms with Crippen molar-refractivity contribution >= 4 is 29.1 Å². The molecule has 0 radical (unpaired) electrons. The van der Waals surface area contributed by atoms with Gasteiger partial charge in [0.25, 0.3) is 5.91 Å². The molecule has 1 aromatic carbocycles. The fourth-order valence-electron chi connectivity index (χ4n) is 2.59. The summed E-state index contributed by atoms with van der Waals surface area (Å²) < 4.78 is 35.4. The molecule has 2 rings (SSSR count). The maximum atomic E-state index is 12.9. The molecule has 1 aliphatic rings. The van der Waals surface area contributed by atoms with Crippen LogP contribution in [0.3, 0.4) is 0 Å². The zero-order chi connectivity index (χ0) is 22.5. The van der Waals surface area contributed by atoms with Crippen molar-refractivity contribution in [2.24, 2.45) is 11.1 Å². The number of benzene rings is 1. The molecule has 0 spiro atoms. The Morgan fingerprint density at radius 1 is 1.33 bits per heavy atom. The Morgan fingerprint density at radius 2 is 2.03 bits per heavy atom. The van der Waals surface area contributed by atoms with E-state index in [9.17, 15) is 23.2 Å². The number of halogens is 2.